The normalized spacial score (nSPS) is 14.4. The van der Waals surface area contributed by atoms with Gasteiger partial charge in [0.05, 0.1) is 34.0 Å². The summed E-state index contributed by atoms with van der Waals surface area (Å²) in [5.74, 6) is -1.60. The number of nitro benzene ring substituents is 2. The van der Waals surface area contributed by atoms with Gasteiger partial charge in [-0.25, -0.2) is 0 Å². The second-order valence-corrected chi connectivity index (χ2v) is 6.09. The zero-order chi connectivity index (χ0) is 19.4. The van der Waals surface area contributed by atoms with Crippen molar-refractivity contribution in [2.75, 3.05) is 13.2 Å². The molecule has 0 N–H and O–H groups in total. The smallest absolute Gasteiger partial charge is 0.310 e. The number of benzene rings is 1. The van der Waals surface area contributed by atoms with Crippen LogP contribution in [0.25, 0.3) is 0 Å². The van der Waals surface area contributed by atoms with Gasteiger partial charge in [0.25, 0.3) is 17.3 Å². The molecular formula is C16H19N3O7. The molecule has 0 heterocycles. The van der Waals surface area contributed by atoms with Crippen LogP contribution in [-0.4, -0.2) is 45.8 Å². The third kappa shape index (κ3) is 4.52. The lowest BCUT2D eigenvalue weighted by atomic mass is 10.1. The topological polar surface area (TPSA) is 133 Å². The predicted molar refractivity (Wildman–Crippen MR) is 89.6 cm³/mol. The zero-order valence-electron chi connectivity index (χ0n) is 14.4. The van der Waals surface area contributed by atoms with Crippen molar-refractivity contribution in [3.05, 3.63) is 44.0 Å². The van der Waals surface area contributed by atoms with Gasteiger partial charge in [0.15, 0.2) is 0 Å². The van der Waals surface area contributed by atoms with Gasteiger partial charge in [-0.2, -0.15) is 0 Å². The number of amides is 1. The summed E-state index contributed by atoms with van der Waals surface area (Å²) in [4.78, 5) is 46.5. The van der Waals surface area contributed by atoms with Crippen molar-refractivity contribution in [1.82, 2.24) is 4.90 Å². The Balaban J connectivity index is 2.30. The number of nitro groups is 2. The number of ether oxygens (including phenoxy) is 1. The molecule has 0 spiro atoms. The lowest BCUT2D eigenvalue weighted by molar-refractivity contribution is -0.394. The predicted octanol–water partition coefficient (Wildman–Crippen LogP) is 2.31. The highest BCUT2D eigenvalue weighted by Crippen LogP contribution is 2.31. The monoisotopic (exact) mass is 365 g/mol. The molecule has 1 unspecified atom stereocenters. The van der Waals surface area contributed by atoms with E-state index in [1.54, 1.807) is 13.8 Å². The molecule has 10 nitrogen and oxygen atoms in total. The first-order chi connectivity index (χ1) is 12.2. The number of rotatable bonds is 8. The van der Waals surface area contributed by atoms with Crippen LogP contribution >= 0.6 is 0 Å². The summed E-state index contributed by atoms with van der Waals surface area (Å²) in [5.41, 5.74) is -1.21. The molecule has 2 rings (SSSR count). The molecule has 0 radical (unpaired) electrons. The van der Waals surface area contributed by atoms with E-state index >= 15 is 0 Å². The standard InChI is InChI=1S/C16H19N3O7/c1-3-26-16(21)10(2)9-17(12-4-5-12)15(20)11-6-13(18(22)23)8-14(7-11)19(24)25/h6-8,10,12H,3-5,9H2,1-2H3. The molecule has 26 heavy (non-hydrogen) atoms. The summed E-state index contributed by atoms with van der Waals surface area (Å²) in [6.07, 6.45) is 1.50. The molecule has 1 aromatic rings. The van der Waals surface area contributed by atoms with Crippen LogP contribution in [0.4, 0.5) is 11.4 Å². The second kappa shape index (κ2) is 7.89. The molecule has 0 aliphatic heterocycles. The fourth-order valence-corrected chi connectivity index (χ4v) is 2.53. The van der Waals surface area contributed by atoms with E-state index in [2.05, 4.69) is 0 Å². The molecule has 1 atom stereocenters. The second-order valence-electron chi connectivity index (χ2n) is 6.09. The van der Waals surface area contributed by atoms with Gasteiger partial charge in [0.2, 0.25) is 0 Å². The Kier molecular flexibility index (Phi) is 5.86. The largest absolute Gasteiger partial charge is 0.466 e. The number of carbonyl (C=O) groups is 2. The van der Waals surface area contributed by atoms with E-state index in [0.717, 1.165) is 31.0 Å². The maximum absolute atomic E-state index is 12.8. The van der Waals surface area contributed by atoms with E-state index in [9.17, 15) is 29.8 Å². The summed E-state index contributed by atoms with van der Waals surface area (Å²) in [6, 6.07) is 2.75. The molecule has 1 fully saturated rings. The third-order valence-electron chi connectivity index (χ3n) is 3.98. The first kappa shape index (κ1) is 19.3. The van der Waals surface area contributed by atoms with E-state index in [1.807, 2.05) is 0 Å². The summed E-state index contributed by atoms with van der Waals surface area (Å²) in [7, 11) is 0. The van der Waals surface area contributed by atoms with Crippen LogP contribution < -0.4 is 0 Å². The zero-order valence-corrected chi connectivity index (χ0v) is 14.4. The average Bonchev–Trinajstić information content (AvgIpc) is 3.43. The lowest BCUT2D eigenvalue weighted by Gasteiger charge is -2.25. The summed E-state index contributed by atoms with van der Waals surface area (Å²) in [5, 5.41) is 22.0. The van der Waals surface area contributed by atoms with Crippen LogP contribution in [0, 0.1) is 26.1 Å². The van der Waals surface area contributed by atoms with E-state index in [4.69, 9.17) is 4.74 Å². The van der Waals surface area contributed by atoms with Crippen LogP contribution in [0.1, 0.15) is 37.0 Å². The van der Waals surface area contributed by atoms with E-state index in [-0.39, 0.29) is 24.8 Å². The Hall–Kier alpha value is -3.04. The number of esters is 1. The van der Waals surface area contributed by atoms with Crippen LogP contribution in [0.3, 0.4) is 0 Å². The van der Waals surface area contributed by atoms with Gasteiger partial charge in [-0.05, 0) is 19.8 Å². The molecule has 0 aromatic heterocycles. The Morgan fingerprint density at radius 1 is 1.19 bits per heavy atom. The minimum Gasteiger partial charge on any atom is -0.466 e. The Labute approximate surface area is 149 Å². The van der Waals surface area contributed by atoms with Gasteiger partial charge in [0.1, 0.15) is 0 Å². The van der Waals surface area contributed by atoms with Crippen molar-refractivity contribution in [2.24, 2.45) is 5.92 Å². The molecule has 1 aliphatic rings. The fourth-order valence-electron chi connectivity index (χ4n) is 2.53. The first-order valence-corrected chi connectivity index (χ1v) is 8.16. The molecule has 0 saturated heterocycles. The van der Waals surface area contributed by atoms with E-state index in [1.165, 1.54) is 4.90 Å². The van der Waals surface area contributed by atoms with Gasteiger partial charge >= 0.3 is 5.97 Å². The van der Waals surface area contributed by atoms with E-state index in [0.29, 0.717) is 0 Å². The Bertz CT molecular complexity index is 713. The van der Waals surface area contributed by atoms with Crippen LogP contribution in [0.5, 0.6) is 0 Å². The Morgan fingerprint density at radius 2 is 1.73 bits per heavy atom. The van der Waals surface area contributed by atoms with Crippen LogP contribution in [0.2, 0.25) is 0 Å². The number of nitrogens with zero attached hydrogens (tertiary/aromatic N) is 3. The molecule has 1 amide bonds. The molecule has 1 saturated carbocycles. The van der Waals surface area contributed by atoms with Crippen molar-refractivity contribution in [3.8, 4) is 0 Å². The molecule has 10 heteroatoms. The molecule has 0 bridgehead atoms. The molecular weight excluding hydrogens is 346 g/mol. The summed E-state index contributed by atoms with van der Waals surface area (Å²) >= 11 is 0. The summed E-state index contributed by atoms with van der Waals surface area (Å²) in [6.45, 7) is 3.60. The van der Waals surface area contributed by atoms with Crippen LogP contribution in [-0.2, 0) is 9.53 Å². The van der Waals surface area contributed by atoms with Crippen molar-refractivity contribution in [1.29, 1.82) is 0 Å². The van der Waals surface area contributed by atoms with E-state index < -0.39 is 39.0 Å². The fraction of sp³-hybridized carbons (Fsp3) is 0.500. The quantitative estimate of drug-likeness (QED) is 0.392. The van der Waals surface area contributed by atoms with Gasteiger partial charge in [-0.1, -0.05) is 6.92 Å². The number of non-ortho nitro benzene ring substituents is 2. The number of hydrogen-bond donors (Lipinski definition) is 0. The van der Waals surface area contributed by atoms with Gasteiger partial charge in [-0.15, -0.1) is 0 Å². The molecule has 1 aliphatic carbocycles. The highest BCUT2D eigenvalue weighted by Gasteiger charge is 2.36. The maximum Gasteiger partial charge on any atom is 0.310 e. The Morgan fingerprint density at radius 3 is 2.15 bits per heavy atom. The van der Waals surface area contributed by atoms with Gasteiger partial charge in [0, 0.05) is 24.7 Å². The molecule has 140 valence electrons. The molecule has 1 aromatic carbocycles. The van der Waals surface area contributed by atoms with Gasteiger partial charge < -0.3 is 9.64 Å². The minimum absolute atomic E-state index is 0.0822. The third-order valence-corrected chi connectivity index (χ3v) is 3.98. The maximum atomic E-state index is 12.8. The van der Waals surface area contributed by atoms with Gasteiger partial charge in [-0.3, -0.25) is 29.8 Å². The van der Waals surface area contributed by atoms with Crippen LogP contribution in [0.15, 0.2) is 18.2 Å². The highest BCUT2D eigenvalue weighted by molar-refractivity contribution is 5.96. The summed E-state index contributed by atoms with van der Waals surface area (Å²) < 4.78 is 4.94. The average molecular weight is 365 g/mol. The van der Waals surface area contributed by atoms with Crippen molar-refractivity contribution in [2.45, 2.75) is 32.7 Å². The van der Waals surface area contributed by atoms with Crippen molar-refractivity contribution < 1.29 is 24.2 Å². The number of carbonyl (C=O) groups excluding carboxylic acids is 2. The minimum atomic E-state index is -0.785. The SMILES string of the molecule is CCOC(=O)C(C)CN(C(=O)c1cc([N+](=O)[O-])cc([N+](=O)[O-])c1)C1CC1. The van der Waals surface area contributed by atoms with Crippen molar-refractivity contribution >= 4 is 23.3 Å². The number of hydrogen-bond acceptors (Lipinski definition) is 7. The van der Waals surface area contributed by atoms with Crippen molar-refractivity contribution in [3.63, 3.8) is 0 Å². The lowest BCUT2D eigenvalue weighted by Crippen LogP contribution is -2.39. The highest BCUT2D eigenvalue weighted by atomic mass is 16.6. The first-order valence-electron chi connectivity index (χ1n) is 8.16.